The Bertz CT molecular complexity index is 475. The molecule has 1 aliphatic rings. The second-order valence-electron chi connectivity index (χ2n) is 4.60. The molecule has 7 heteroatoms. The number of thiocarbonyl (C=S) groups is 1. The molecule has 2 N–H and O–H groups in total. The van der Waals surface area contributed by atoms with E-state index in [4.69, 9.17) is 27.2 Å². The minimum atomic E-state index is -0.146. The highest BCUT2D eigenvalue weighted by atomic mass is 32.1. The highest BCUT2D eigenvalue weighted by Crippen LogP contribution is 2.19. The molecule has 0 aromatic carbocycles. The average molecular weight is 283 g/mol. The standard InChI is InChI=1S/C12H17N3O3S/c1-17-7-9-5-10(14-18-9)12(16)15-4-2-3-8(6-15)11(13)19/h5,8H,2-4,6-7H2,1H3,(H2,13,19). The van der Waals surface area contributed by atoms with Crippen molar-refractivity contribution in [2.45, 2.75) is 19.4 Å². The molecule has 1 atom stereocenters. The van der Waals surface area contributed by atoms with Gasteiger partial charge in [0.1, 0.15) is 6.61 Å². The van der Waals surface area contributed by atoms with Crippen LogP contribution in [0.4, 0.5) is 0 Å². The summed E-state index contributed by atoms with van der Waals surface area (Å²) in [6.07, 6.45) is 1.84. The van der Waals surface area contributed by atoms with Gasteiger partial charge in [0.15, 0.2) is 11.5 Å². The van der Waals surface area contributed by atoms with Crippen molar-refractivity contribution in [1.29, 1.82) is 0 Å². The highest BCUT2D eigenvalue weighted by molar-refractivity contribution is 7.80. The van der Waals surface area contributed by atoms with Crippen molar-refractivity contribution in [1.82, 2.24) is 10.1 Å². The van der Waals surface area contributed by atoms with Gasteiger partial charge in [0.25, 0.3) is 5.91 Å². The summed E-state index contributed by atoms with van der Waals surface area (Å²) in [7, 11) is 1.56. The van der Waals surface area contributed by atoms with Crippen molar-refractivity contribution in [3.8, 4) is 0 Å². The van der Waals surface area contributed by atoms with Gasteiger partial charge in [-0.3, -0.25) is 4.79 Å². The van der Waals surface area contributed by atoms with Gasteiger partial charge in [-0.1, -0.05) is 17.4 Å². The normalized spacial score (nSPS) is 19.4. The van der Waals surface area contributed by atoms with Crippen LogP contribution in [0, 0.1) is 5.92 Å². The van der Waals surface area contributed by atoms with Crippen LogP contribution in [0.15, 0.2) is 10.6 Å². The number of carbonyl (C=O) groups is 1. The lowest BCUT2D eigenvalue weighted by molar-refractivity contribution is 0.0692. The van der Waals surface area contributed by atoms with E-state index in [2.05, 4.69) is 5.16 Å². The molecule has 2 rings (SSSR count). The van der Waals surface area contributed by atoms with E-state index in [-0.39, 0.29) is 11.8 Å². The van der Waals surface area contributed by atoms with Gasteiger partial charge in [0, 0.05) is 32.2 Å². The van der Waals surface area contributed by atoms with Gasteiger partial charge in [0.2, 0.25) is 0 Å². The van der Waals surface area contributed by atoms with E-state index in [0.717, 1.165) is 12.8 Å². The number of likely N-dealkylation sites (tertiary alicyclic amines) is 1. The molecule has 19 heavy (non-hydrogen) atoms. The molecular weight excluding hydrogens is 266 g/mol. The quantitative estimate of drug-likeness (QED) is 0.829. The average Bonchev–Trinajstić information content (AvgIpc) is 2.87. The molecule has 0 radical (unpaired) electrons. The Morgan fingerprint density at radius 3 is 3.21 bits per heavy atom. The molecule has 0 aliphatic carbocycles. The van der Waals surface area contributed by atoms with Crippen LogP contribution < -0.4 is 5.73 Å². The summed E-state index contributed by atoms with van der Waals surface area (Å²) in [5, 5.41) is 3.77. The number of nitrogens with two attached hydrogens (primary N) is 1. The summed E-state index contributed by atoms with van der Waals surface area (Å²) in [5.41, 5.74) is 5.96. The number of hydrogen-bond acceptors (Lipinski definition) is 5. The fourth-order valence-corrected chi connectivity index (χ4v) is 2.37. The van der Waals surface area contributed by atoms with E-state index < -0.39 is 0 Å². The third-order valence-electron chi connectivity index (χ3n) is 3.18. The largest absolute Gasteiger partial charge is 0.393 e. The first-order chi connectivity index (χ1) is 9.11. The molecule has 1 aliphatic heterocycles. The summed E-state index contributed by atoms with van der Waals surface area (Å²) in [4.78, 5) is 14.5. The maximum Gasteiger partial charge on any atom is 0.276 e. The van der Waals surface area contributed by atoms with Crippen molar-refractivity contribution in [2.75, 3.05) is 20.2 Å². The van der Waals surface area contributed by atoms with Crippen LogP contribution in [0.25, 0.3) is 0 Å². The zero-order chi connectivity index (χ0) is 13.8. The third kappa shape index (κ3) is 3.30. The Labute approximate surface area is 116 Å². The second-order valence-corrected chi connectivity index (χ2v) is 5.08. The van der Waals surface area contributed by atoms with Gasteiger partial charge in [-0.2, -0.15) is 0 Å². The molecule has 1 fully saturated rings. The first-order valence-corrected chi connectivity index (χ1v) is 6.55. The summed E-state index contributed by atoms with van der Waals surface area (Å²) >= 11 is 5.00. The second kappa shape index (κ2) is 6.12. The van der Waals surface area contributed by atoms with Gasteiger partial charge >= 0.3 is 0 Å². The van der Waals surface area contributed by atoms with E-state index in [1.807, 2.05) is 0 Å². The van der Waals surface area contributed by atoms with Crippen molar-refractivity contribution >= 4 is 23.1 Å². The van der Waals surface area contributed by atoms with E-state index in [9.17, 15) is 4.79 Å². The predicted molar refractivity (Wildman–Crippen MR) is 72.6 cm³/mol. The number of methoxy groups -OCH3 is 1. The van der Waals surface area contributed by atoms with Crippen LogP contribution in [-0.4, -0.2) is 41.2 Å². The molecule has 6 nitrogen and oxygen atoms in total. The van der Waals surface area contributed by atoms with Gasteiger partial charge < -0.3 is 19.9 Å². The topological polar surface area (TPSA) is 81.6 Å². The van der Waals surface area contributed by atoms with E-state index in [1.54, 1.807) is 18.1 Å². The number of nitrogens with zero attached hydrogens (tertiary/aromatic N) is 2. The minimum absolute atomic E-state index is 0.0954. The molecule has 0 bridgehead atoms. The van der Waals surface area contributed by atoms with Crippen molar-refractivity contribution in [3.63, 3.8) is 0 Å². The number of amides is 1. The molecule has 1 aromatic rings. The Kier molecular flexibility index (Phi) is 4.49. The van der Waals surface area contributed by atoms with Crippen LogP contribution in [-0.2, 0) is 11.3 Å². The van der Waals surface area contributed by atoms with Crippen molar-refractivity contribution in [3.05, 3.63) is 17.5 Å². The molecule has 2 heterocycles. The Balaban J connectivity index is 2.03. The molecule has 1 amide bonds. The number of ether oxygens (including phenoxy) is 1. The fraction of sp³-hybridized carbons (Fsp3) is 0.583. The van der Waals surface area contributed by atoms with Crippen LogP contribution in [0.5, 0.6) is 0 Å². The lowest BCUT2D eigenvalue weighted by atomic mass is 9.98. The van der Waals surface area contributed by atoms with Gasteiger partial charge in [-0.15, -0.1) is 0 Å². The molecule has 1 unspecified atom stereocenters. The minimum Gasteiger partial charge on any atom is -0.393 e. The molecule has 0 spiro atoms. The number of piperidine rings is 1. The van der Waals surface area contributed by atoms with E-state index in [0.29, 0.717) is 36.1 Å². The van der Waals surface area contributed by atoms with Crippen LogP contribution >= 0.6 is 12.2 Å². The Morgan fingerprint density at radius 1 is 1.74 bits per heavy atom. The number of carbonyl (C=O) groups excluding carboxylic acids is 1. The maximum absolute atomic E-state index is 12.3. The monoisotopic (exact) mass is 283 g/mol. The third-order valence-corrected chi connectivity index (χ3v) is 3.51. The van der Waals surface area contributed by atoms with Gasteiger partial charge in [-0.25, -0.2) is 0 Å². The Morgan fingerprint density at radius 2 is 2.53 bits per heavy atom. The molecule has 1 saturated heterocycles. The number of rotatable bonds is 4. The fourth-order valence-electron chi connectivity index (χ4n) is 2.18. The summed E-state index contributed by atoms with van der Waals surface area (Å²) in [5.74, 6) is 0.485. The molecular formula is C12H17N3O3S. The van der Waals surface area contributed by atoms with Crippen LogP contribution in [0.2, 0.25) is 0 Å². The lowest BCUT2D eigenvalue weighted by Gasteiger charge is -2.31. The first-order valence-electron chi connectivity index (χ1n) is 6.15. The zero-order valence-electron chi connectivity index (χ0n) is 10.8. The van der Waals surface area contributed by atoms with E-state index in [1.165, 1.54) is 0 Å². The van der Waals surface area contributed by atoms with Gasteiger partial charge in [0.05, 0.1) is 4.99 Å². The van der Waals surface area contributed by atoms with Crippen LogP contribution in [0.3, 0.4) is 0 Å². The number of aromatic nitrogens is 1. The van der Waals surface area contributed by atoms with Crippen molar-refractivity contribution in [2.24, 2.45) is 11.7 Å². The molecule has 0 saturated carbocycles. The van der Waals surface area contributed by atoms with Crippen molar-refractivity contribution < 1.29 is 14.1 Å². The molecule has 104 valence electrons. The summed E-state index contributed by atoms with van der Waals surface area (Å²) in [6, 6.07) is 1.61. The van der Waals surface area contributed by atoms with Gasteiger partial charge in [-0.05, 0) is 12.8 Å². The maximum atomic E-state index is 12.3. The first kappa shape index (κ1) is 14.0. The Hall–Kier alpha value is -1.47. The van der Waals surface area contributed by atoms with Crippen LogP contribution in [0.1, 0.15) is 29.1 Å². The zero-order valence-corrected chi connectivity index (χ0v) is 11.6. The summed E-state index contributed by atoms with van der Waals surface area (Å²) in [6.45, 7) is 1.56. The number of hydrogen-bond donors (Lipinski definition) is 1. The summed E-state index contributed by atoms with van der Waals surface area (Å²) < 4.78 is 9.94. The van der Waals surface area contributed by atoms with E-state index >= 15 is 0 Å². The molecule has 1 aromatic heterocycles. The smallest absolute Gasteiger partial charge is 0.276 e. The SMILES string of the molecule is COCc1cc(C(=O)N2CCCC(C(N)=S)C2)no1. The lowest BCUT2D eigenvalue weighted by Crippen LogP contribution is -2.43. The highest BCUT2D eigenvalue weighted by Gasteiger charge is 2.27. The predicted octanol–water partition coefficient (Wildman–Crippen LogP) is 0.959.